The van der Waals surface area contributed by atoms with Crippen LogP contribution in [0.3, 0.4) is 0 Å². The number of halogens is 4. The van der Waals surface area contributed by atoms with Crippen LogP contribution in [0, 0.1) is 0 Å². The van der Waals surface area contributed by atoms with Gasteiger partial charge in [0.05, 0.1) is 23.2 Å². The molecule has 0 saturated heterocycles. The Labute approximate surface area is 153 Å². The number of rotatable bonds is 2. The normalized spacial score (nSPS) is 26.1. The Kier molecular flexibility index (Phi) is 4.45. The first-order chi connectivity index (χ1) is 12.3. The Morgan fingerprint density at radius 3 is 2.73 bits per heavy atom. The lowest BCUT2D eigenvalue weighted by atomic mass is 9.81. The Morgan fingerprint density at radius 1 is 1.23 bits per heavy atom. The molecular formula is C17H18ClF3N4O. The molecule has 5 nitrogen and oxygen atoms in total. The molecule has 0 atom stereocenters. The minimum absolute atomic E-state index is 0.286. The first-order valence-electron chi connectivity index (χ1n) is 8.51. The molecule has 1 aliphatic heterocycles. The van der Waals surface area contributed by atoms with E-state index in [4.69, 9.17) is 11.6 Å². The average Bonchev–Trinajstić information content (AvgIpc) is 2.97. The summed E-state index contributed by atoms with van der Waals surface area (Å²) in [5, 5.41) is 11.4. The summed E-state index contributed by atoms with van der Waals surface area (Å²) in [6.07, 6.45) is -2.27. The monoisotopic (exact) mass is 386 g/mol. The molecule has 0 radical (unpaired) electrons. The lowest BCUT2D eigenvalue weighted by Gasteiger charge is -2.36. The molecule has 1 aromatic carbocycles. The highest BCUT2D eigenvalue weighted by Crippen LogP contribution is 2.45. The van der Waals surface area contributed by atoms with E-state index in [1.807, 2.05) is 22.8 Å². The number of nitrogens with one attached hydrogen (secondary N) is 1. The molecular weight excluding hydrogens is 369 g/mol. The van der Waals surface area contributed by atoms with E-state index < -0.39 is 17.3 Å². The largest absolute Gasteiger partial charge is 0.522 e. The second-order valence-corrected chi connectivity index (χ2v) is 7.52. The molecule has 26 heavy (non-hydrogen) atoms. The van der Waals surface area contributed by atoms with E-state index in [0.717, 1.165) is 22.6 Å². The van der Waals surface area contributed by atoms with Gasteiger partial charge in [-0.2, -0.15) is 0 Å². The fourth-order valence-electron chi connectivity index (χ4n) is 3.77. The molecule has 140 valence electrons. The zero-order chi connectivity index (χ0) is 18.4. The average molecular weight is 387 g/mol. The van der Waals surface area contributed by atoms with Gasteiger partial charge in [0, 0.05) is 6.54 Å². The third-order valence-electron chi connectivity index (χ3n) is 5.10. The lowest BCUT2D eigenvalue weighted by Crippen LogP contribution is -2.33. The molecule has 9 heteroatoms. The maximum atomic E-state index is 12.4. The summed E-state index contributed by atoms with van der Waals surface area (Å²) >= 11 is 6.81. The Balaban J connectivity index is 1.55. The van der Waals surface area contributed by atoms with Crippen LogP contribution >= 0.6 is 11.6 Å². The van der Waals surface area contributed by atoms with Gasteiger partial charge in [-0.05, 0) is 42.9 Å². The van der Waals surface area contributed by atoms with Crippen LogP contribution in [0.15, 0.2) is 24.5 Å². The fourth-order valence-corrected chi connectivity index (χ4v) is 4.11. The first kappa shape index (κ1) is 17.8. The predicted octanol–water partition coefficient (Wildman–Crippen LogP) is 3.78. The zero-order valence-corrected chi connectivity index (χ0v) is 14.6. The molecule has 2 heterocycles. The summed E-state index contributed by atoms with van der Waals surface area (Å²) < 4.78 is 43.3. The Morgan fingerprint density at radius 2 is 2.00 bits per heavy atom. The van der Waals surface area contributed by atoms with Crippen molar-refractivity contribution in [2.75, 3.05) is 0 Å². The molecule has 1 aliphatic carbocycles. The van der Waals surface area contributed by atoms with Gasteiger partial charge >= 0.3 is 6.36 Å². The molecule has 0 unspecified atom stereocenters. The number of alkyl halides is 4. The van der Waals surface area contributed by atoms with Gasteiger partial charge in [0.2, 0.25) is 0 Å². The second-order valence-electron chi connectivity index (χ2n) is 6.79. The molecule has 1 aromatic heterocycles. The van der Waals surface area contributed by atoms with Crippen molar-refractivity contribution in [3.05, 3.63) is 41.5 Å². The zero-order valence-electron chi connectivity index (χ0n) is 13.9. The standard InChI is InChI=1S/C17H18ClF3N4O/c18-16(5-3-13(4-6-16)26-17(19,20)21)12-1-2-14-11(7-12)8-22-9-15-24-23-10-25(14)15/h1-2,7,10,13,22H,3-6,8-9H2. The molecule has 0 amide bonds. The van der Waals surface area contributed by atoms with Crippen LogP contribution in [0.25, 0.3) is 5.69 Å². The van der Waals surface area contributed by atoms with Crippen LogP contribution in [-0.4, -0.2) is 27.2 Å². The minimum Gasteiger partial charge on any atom is -0.306 e. The number of benzene rings is 1. The van der Waals surface area contributed by atoms with Crippen molar-refractivity contribution in [3.8, 4) is 5.69 Å². The molecule has 2 aliphatic rings. The van der Waals surface area contributed by atoms with Crippen LogP contribution in [0.1, 0.15) is 42.6 Å². The van der Waals surface area contributed by atoms with Gasteiger partial charge in [0.1, 0.15) is 6.33 Å². The number of hydrogen-bond donors (Lipinski definition) is 1. The SMILES string of the molecule is FC(F)(F)OC1CCC(Cl)(c2ccc3c(c2)CNCc2nncn2-3)CC1. The number of ether oxygens (including phenoxy) is 1. The number of aromatic nitrogens is 3. The molecule has 1 fully saturated rings. The maximum Gasteiger partial charge on any atom is 0.522 e. The van der Waals surface area contributed by atoms with E-state index in [1.165, 1.54) is 0 Å². The highest BCUT2D eigenvalue weighted by atomic mass is 35.5. The van der Waals surface area contributed by atoms with E-state index in [9.17, 15) is 13.2 Å². The number of nitrogens with zero attached hydrogens (tertiary/aromatic N) is 3. The summed E-state index contributed by atoms with van der Waals surface area (Å²) in [6, 6.07) is 5.97. The van der Waals surface area contributed by atoms with Gasteiger partial charge < -0.3 is 5.32 Å². The van der Waals surface area contributed by atoms with Crippen molar-refractivity contribution in [3.63, 3.8) is 0 Å². The van der Waals surface area contributed by atoms with Crippen LogP contribution in [0.2, 0.25) is 0 Å². The van der Waals surface area contributed by atoms with Crippen LogP contribution < -0.4 is 5.32 Å². The summed E-state index contributed by atoms with van der Waals surface area (Å²) in [6.45, 7) is 1.28. The Bertz CT molecular complexity index is 800. The summed E-state index contributed by atoms with van der Waals surface area (Å²) in [5.41, 5.74) is 2.99. The Hall–Kier alpha value is -1.64. The first-order valence-corrected chi connectivity index (χ1v) is 8.89. The molecule has 1 N–H and O–H groups in total. The summed E-state index contributed by atoms with van der Waals surface area (Å²) in [7, 11) is 0. The van der Waals surface area contributed by atoms with Gasteiger partial charge in [0.25, 0.3) is 0 Å². The van der Waals surface area contributed by atoms with Crippen molar-refractivity contribution in [1.82, 2.24) is 20.1 Å². The van der Waals surface area contributed by atoms with E-state index in [1.54, 1.807) is 6.33 Å². The summed E-state index contributed by atoms with van der Waals surface area (Å²) in [5.74, 6) is 0.835. The van der Waals surface area contributed by atoms with E-state index in [-0.39, 0.29) is 12.8 Å². The van der Waals surface area contributed by atoms with Crippen molar-refractivity contribution >= 4 is 11.6 Å². The molecule has 2 aromatic rings. The van der Waals surface area contributed by atoms with Gasteiger partial charge in [-0.1, -0.05) is 12.1 Å². The maximum absolute atomic E-state index is 12.4. The van der Waals surface area contributed by atoms with Gasteiger partial charge in [0.15, 0.2) is 5.82 Å². The van der Waals surface area contributed by atoms with E-state index in [0.29, 0.717) is 25.9 Å². The van der Waals surface area contributed by atoms with Crippen molar-refractivity contribution in [2.45, 2.75) is 56.1 Å². The third-order valence-corrected chi connectivity index (χ3v) is 5.69. The molecule has 0 spiro atoms. The minimum atomic E-state index is -4.59. The predicted molar refractivity (Wildman–Crippen MR) is 88.8 cm³/mol. The lowest BCUT2D eigenvalue weighted by molar-refractivity contribution is -0.345. The van der Waals surface area contributed by atoms with E-state index >= 15 is 0 Å². The molecule has 4 rings (SSSR count). The van der Waals surface area contributed by atoms with Crippen molar-refractivity contribution < 1.29 is 17.9 Å². The van der Waals surface area contributed by atoms with Crippen molar-refractivity contribution in [2.24, 2.45) is 0 Å². The van der Waals surface area contributed by atoms with Gasteiger partial charge in [-0.25, -0.2) is 0 Å². The van der Waals surface area contributed by atoms with Crippen LogP contribution in [-0.2, 0) is 22.7 Å². The smallest absolute Gasteiger partial charge is 0.306 e. The summed E-state index contributed by atoms with van der Waals surface area (Å²) in [4.78, 5) is -0.664. The molecule has 0 bridgehead atoms. The topological polar surface area (TPSA) is 52.0 Å². The molecule has 1 saturated carbocycles. The quantitative estimate of drug-likeness (QED) is 0.798. The fraction of sp³-hybridized carbons (Fsp3) is 0.529. The number of hydrogen-bond acceptors (Lipinski definition) is 4. The highest BCUT2D eigenvalue weighted by Gasteiger charge is 2.40. The van der Waals surface area contributed by atoms with Crippen LogP contribution in [0.5, 0.6) is 0 Å². The van der Waals surface area contributed by atoms with Gasteiger partial charge in [-0.15, -0.1) is 35.0 Å². The third kappa shape index (κ3) is 3.45. The highest BCUT2D eigenvalue weighted by molar-refractivity contribution is 6.24. The second kappa shape index (κ2) is 6.51. The van der Waals surface area contributed by atoms with E-state index in [2.05, 4.69) is 20.3 Å². The van der Waals surface area contributed by atoms with Crippen LogP contribution in [0.4, 0.5) is 13.2 Å². The van der Waals surface area contributed by atoms with Crippen molar-refractivity contribution in [1.29, 1.82) is 0 Å². The van der Waals surface area contributed by atoms with Gasteiger partial charge in [-0.3, -0.25) is 9.30 Å². The number of fused-ring (bicyclic) bond motifs is 3.